The summed E-state index contributed by atoms with van der Waals surface area (Å²) in [4.78, 5) is 45.5. The van der Waals surface area contributed by atoms with Crippen molar-refractivity contribution >= 4 is 63.9 Å². The molecule has 0 aromatic heterocycles. The quantitative estimate of drug-likeness (QED) is 0.299. The molecule has 1 fully saturated rings. The first-order valence-corrected chi connectivity index (χ1v) is 13.6. The molecule has 192 valence electrons. The number of fused-ring (bicyclic) bond motifs is 5. The summed E-state index contributed by atoms with van der Waals surface area (Å²) in [7, 11) is 0. The van der Waals surface area contributed by atoms with Crippen LogP contribution in [0.2, 0.25) is 15.1 Å². The largest absolute Gasteiger partial charge is 0.352 e. The van der Waals surface area contributed by atoms with Crippen molar-refractivity contribution in [1.29, 1.82) is 0 Å². The fourth-order valence-electron chi connectivity index (χ4n) is 6.49. The zero-order valence-corrected chi connectivity index (χ0v) is 23.2. The van der Waals surface area contributed by atoms with Crippen LogP contribution in [-0.4, -0.2) is 29.4 Å². The van der Waals surface area contributed by atoms with Crippen molar-refractivity contribution in [3.63, 3.8) is 0 Å². The molecule has 1 saturated heterocycles. The number of anilines is 1. The lowest BCUT2D eigenvalue weighted by atomic mass is 9.63. The lowest BCUT2D eigenvalue weighted by molar-refractivity contribution is -0.127. The molecule has 0 saturated carbocycles. The van der Waals surface area contributed by atoms with Crippen LogP contribution >= 0.6 is 34.8 Å². The summed E-state index contributed by atoms with van der Waals surface area (Å²) in [5.41, 5.74) is 0.468. The number of carbonyl (C=O) groups is 3. The molecule has 7 heteroatoms. The Morgan fingerprint density at radius 1 is 0.868 bits per heavy atom. The SMILES string of the molecule is CC(C)(C)C(=O)[C@H]1[C@@H](c2ccc(Cl)cc2Cl)C2(C(=O)c3ccccc3C2=O)[C@H]2C=Cc3cc(Cl)ccc3N12. The lowest BCUT2D eigenvalue weighted by Gasteiger charge is -2.38. The van der Waals surface area contributed by atoms with E-state index in [-0.39, 0.29) is 17.3 Å². The Labute approximate surface area is 236 Å². The number of benzene rings is 3. The van der Waals surface area contributed by atoms with Crippen LogP contribution in [0.1, 0.15) is 58.5 Å². The maximum atomic E-state index is 14.5. The molecule has 1 spiro atoms. The fourth-order valence-corrected chi connectivity index (χ4v) is 7.20. The molecule has 4 nitrogen and oxygen atoms in total. The molecular weight excluding hydrogens is 541 g/mol. The van der Waals surface area contributed by atoms with Crippen molar-refractivity contribution in [3.05, 3.63) is 104 Å². The molecule has 0 unspecified atom stereocenters. The minimum atomic E-state index is -1.60. The first-order valence-electron chi connectivity index (χ1n) is 12.4. The van der Waals surface area contributed by atoms with E-state index >= 15 is 0 Å². The predicted molar refractivity (Wildman–Crippen MR) is 152 cm³/mol. The monoisotopic (exact) mass is 563 g/mol. The van der Waals surface area contributed by atoms with E-state index in [1.165, 1.54) is 0 Å². The summed E-state index contributed by atoms with van der Waals surface area (Å²) in [6, 6.07) is 15.8. The molecule has 1 aliphatic carbocycles. The summed E-state index contributed by atoms with van der Waals surface area (Å²) < 4.78 is 0. The molecule has 0 radical (unpaired) electrons. The molecule has 3 aromatic rings. The third-order valence-electron chi connectivity index (χ3n) is 8.07. The number of halogens is 3. The molecule has 0 bridgehead atoms. The van der Waals surface area contributed by atoms with Gasteiger partial charge < -0.3 is 4.90 Å². The van der Waals surface area contributed by atoms with Gasteiger partial charge in [0.15, 0.2) is 17.3 Å². The van der Waals surface area contributed by atoms with Gasteiger partial charge in [-0.2, -0.15) is 0 Å². The molecule has 3 aliphatic rings. The van der Waals surface area contributed by atoms with Gasteiger partial charge in [-0.05, 0) is 41.5 Å². The second-order valence-electron chi connectivity index (χ2n) is 11.2. The van der Waals surface area contributed by atoms with E-state index in [1.807, 2.05) is 50.0 Å². The van der Waals surface area contributed by atoms with Gasteiger partial charge in [0.25, 0.3) is 0 Å². The lowest BCUT2D eigenvalue weighted by Crippen LogP contribution is -2.49. The normalized spacial score (nSPS) is 23.0. The molecule has 2 heterocycles. The topological polar surface area (TPSA) is 54.5 Å². The van der Waals surface area contributed by atoms with Crippen molar-refractivity contribution in [1.82, 2.24) is 0 Å². The summed E-state index contributed by atoms with van der Waals surface area (Å²) >= 11 is 19.4. The van der Waals surface area contributed by atoms with Gasteiger partial charge in [-0.3, -0.25) is 14.4 Å². The van der Waals surface area contributed by atoms with Crippen molar-refractivity contribution in [2.45, 2.75) is 38.8 Å². The van der Waals surface area contributed by atoms with E-state index in [9.17, 15) is 14.4 Å². The smallest absolute Gasteiger partial charge is 0.180 e. The van der Waals surface area contributed by atoms with Crippen LogP contribution in [0.15, 0.2) is 66.7 Å². The van der Waals surface area contributed by atoms with Crippen molar-refractivity contribution < 1.29 is 14.4 Å². The predicted octanol–water partition coefficient (Wildman–Crippen LogP) is 7.70. The summed E-state index contributed by atoms with van der Waals surface area (Å²) in [6.45, 7) is 5.56. The van der Waals surface area contributed by atoms with E-state index < -0.39 is 28.8 Å². The second-order valence-corrected chi connectivity index (χ2v) is 12.5. The Morgan fingerprint density at radius 3 is 2.08 bits per heavy atom. The van der Waals surface area contributed by atoms with E-state index in [2.05, 4.69) is 0 Å². The molecule has 0 amide bonds. The fraction of sp³-hybridized carbons (Fsp3) is 0.258. The molecular formula is C31H24Cl3NO3. The number of rotatable bonds is 2. The highest BCUT2D eigenvalue weighted by Crippen LogP contribution is 2.62. The zero-order valence-electron chi connectivity index (χ0n) is 21.0. The van der Waals surface area contributed by atoms with Crippen molar-refractivity contribution in [2.75, 3.05) is 4.90 Å². The maximum Gasteiger partial charge on any atom is 0.180 e. The average Bonchev–Trinajstić information content (AvgIpc) is 3.29. The number of hydrogen-bond donors (Lipinski definition) is 0. The van der Waals surface area contributed by atoms with Crippen LogP contribution in [0.5, 0.6) is 0 Å². The van der Waals surface area contributed by atoms with Crippen LogP contribution < -0.4 is 4.90 Å². The Hall–Kier alpha value is -2.92. The van der Waals surface area contributed by atoms with Crippen LogP contribution in [0.4, 0.5) is 5.69 Å². The minimum Gasteiger partial charge on any atom is -0.352 e. The third-order valence-corrected chi connectivity index (χ3v) is 8.87. The highest BCUT2D eigenvalue weighted by molar-refractivity contribution is 6.36. The Morgan fingerprint density at radius 2 is 1.47 bits per heavy atom. The Kier molecular flexibility index (Phi) is 5.70. The highest BCUT2D eigenvalue weighted by atomic mass is 35.5. The van der Waals surface area contributed by atoms with Crippen molar-refractivity contribution in [3.8, 4) is 0 Å². The van der Waals surface area contributed by atoms with E-state index in [0.717, 1.165) is 11.3 Å². The van der Waals surface area contributed by atoms with E-state index in [4.69, 9.17) is 34.8 Å². The van der Waals surface area contributed by atoms with Gasteiger partial charge in [0.2, 0.25) is 0 Å². The summed E-state index contributed by atoms with van der Waals surface area (Å²) in [5, 5.41) is 1.29. The van der Waals surface area contributed by atoms with Crippen LogP contribution in [0.25, 0.3) is 6.08 Å². The van der Waals surface area contributed by atoms with E-state index in [0.29, 0.717) is 31.8 Å². The Bertz CT molecular complexity index is 1550. The first-order chi connectivity index (χ1) is 18.0. The van der Waals surface area contributed by atoms with Crippen LogP contribution in [-0.2, 0) is 4.79 Å². The van der Waals surface area contributed by atoms with E-state index in [1.54, 1.807) is 48.5 Å². The second kappa shape index (κ2) is 8.54. The summed E-state index contributed by atoms with van der Waals surface area (Å²) in [6.07, 6.45) is 3.76. The first kappa shape index (κ1) is 25.4. The number of ketones is 3. The summed E-state index contributed by atoms with van der Waals surface area (Å²) in [5.74, 6) is -1.54. The van der Waals surface area contributed by atoms with Gasteiger partial charge in [0, 0.05) is 43.2 Å². The highest BCUT2D eigenvalue weighted by Gasteiger charge is 2.72. The van der Waals surface area contributed by atoms with Crippen molar-refractivity contribution in [2.24, 2.45) is 10.8 Å². The van der Waals surface area contributed by atoms with Crippen LogP contribution in [0.3, 0.4) is 0 Å². The molecule has 38 heavy (non-hydrogen) atoms. The van der Waals surface area contributed by atoms with Gasteiger partial charge in [-0.25, -0.2) is 0 Å². The third kappa shape index (κ3) is 3.33. The number of hydrogen-bond acceptors (Lipinski definition) is 4. The number of carbonyl (C=O) groups excluding carboxylic acids is 3. The van der Waals surface area contributed by atoms with Gasteiger partial charge in [0.1, 0.15) is 5.41 Å². The Balaban J connectivity index is 1.72. The maximum absolute atomic E-state index is 14.5. The van der Waals surface area contributed by atoms with Gasteiger partial charge >= 0.3 is 0 Å². The number of nitrogens with zero attached hydrogens (tertiary/aromatic N) is 1. The zero-order chi connectivity index (χ0) is 27.1. The van der Waals surface area contributed by atoms with Gasteiger partial charge in [-0.1, -0.05) is 98.1 Å². The average molecular weight is 565 g/mol. The molecule has 2 aliphatic heterocycles. The standard InChI is InChI=1S/C31H24Cl3NO3/c1-30(2,3)29(38)26-25(21-11-9-18(33)15-22(21)34)31(27(36)19-6-4-5-7-20(19)28(31)37)24-13-8-16-14-17(32)10-12-23(16)35(24)26/h4-15,24-26H,1-3H3/t24-,25-,26-/m1/s1. The van der Waals surface area contributed by atoms with Gasteiger partial charge in [-0.15, -0.1) is 0 Å². The van der Waals surface area contributed by atoms with Gasteiger partial charge in [0.05, 0.1) is 12.1 Å². The molecule has 6 rings (SSSR count). The van der Waals surface area contributed by atoms with Crippen LogP contribution in [0, 0.1) is 10.8 Å². The molecule has 3 aromatic carbocycles. The molecule has 3 atom stereocenters. The number of Topliss-reactive ketones (excluding diaryl/α,β-unsaturated/α-hetero) is 3. The minimum absolute atomic E-state index is 0.0943. The molecule has 0 N–H and O–H groups in total.